The smallest absolute Gasteiger partial charge is 0.373 e. The summed E-state index contributed by atoms with van der Waals surface area (Å²) in [6.07, 6.45) is -0.343. The highest BCUT2D eigenvalue weighted by Gasteiger charge is 2.26. The van der Waals surface area contributed by atoms with Gasteiger partial charge in [-0.05, 0) is 45.9 Å². The third-order valence-corrected chi connectivity index (χ3v) is 8.05. The summed E-state index contributed by atoms with van der Waals surface area (Å²) in [7, 11) is -1.89. The van der Waals surface area contributed by atoms with Gasteiger partial charge in [0.15, 0.2) is 0 Å². The van der Waals surface area contributed by atoms with Crippen LogP contribution in [0.5, 0.6) is 0 Å². The lowest BCUT2D eigenvalue weighted by atomic mass is 10.2. The molecule has 0 spiro atoms. The van der Waals surface area contributed by atoms with Crippen molar-refractivity contribution in [1.82, 2.24) is 0 Å². The zero-order valence-corrected chi connectivity index (χ0v) is 17.0. The standard InChI is InChI=1S/C20H30O4Si/c1-8-25(9-2,10-3)18-13-11-17(12-14-18)19(21)24-23-16(4)15-22-20(5,6)7/h8-9,11-14,16H,1-2,10,15H2,3-7H3. The molecule has 0 saturated carbocycles. The van der Waals surface area contributed by atoms with Gasteiger partial charge in [0.1, 0.15) is 14.2 Å². The maximum atomic E-state index is 12.1. The molecule has 0 saturated heterocycles. The van der Waals surface area contributed by atoms with Crippen LogP contribution < -0.4 is 5.19 Å². The van der Waals surface area contributed by atoms with E-state index in [0.717, 1.165) is 6.04 Å². The van der Waals surface area contributed by atoms with Gasteiger partial charge in [-0.25, -0.2) is 4.79 Å². The number of carbonyl (C=O) groups is 1. The number of hydrogen-bond acceptors (Lipinski definition) is 4. The molecule has 0 heterocycles. The molecule has 0 N–H and O–H groups in total. The second-order valence-electron chi connectivity index (χ2n) is 7.08. The Bertz CT molecular complexity index is 579. The van der Waals surface area contributed by atoms with Crippen LogP contribution in [0.15, 0.2) is 48.8 Å². The third-order valence-electron chi connectivity index (χ3n) is 4.01. The summed E-state index contributed by atoms with van der Waals surface area (Å²) in [5.41, 5.74) is 4.20. The van der Waals surface area contributed by atoms with E-state index in [4.69, 9.17) is 14.5 Å². The fourth-order valence-electron chi connectivity index (χ4n) is 2.30. The monoisotopic (exact) mass is 362 g/mol. The molecule has 1 rings (SSSR count). The molecular weight excluding hydrogens is 332 g/mol. The average Bonchev–Trinajstić information content (AvgIpc) is 2.60. The van der Waals surface area contributed by atoms with E-state index in [2.05, 4.69) is 20.1 Å². The average molecular weight is 363 g/mol. The van der Waals surface area contributed by atoms with Crippen LogP contribution in [-0.4, -0.2) is 32.4 Å². The van der Waals surface area contributed by atoms with Crippen LogP contribution in [0.3, 0.4) is 0 Å². The van der Waals surface area contributed by atoms with Crippen LogP contribution in [-0.2, 0) is 14.5 Å². The first-order chi connectivity index (χ1) is 11.7. The predicted octanol–water partition coefficient (Wildman–Crippen LogP) is 4.10. The van der Waals surface area contributed by atoms with Crippen molar-refractivity contribution in [3.05, 3.63) is 54.4 Å². The lowest BCUT2D eigenvalue weighted by Crippen LogP contribution is -2.43. The van der Waals surface area contributed by atoms with Crippen LogP contribution in [0, 0.1) is 0 Å². The first-order valence-electron chi connectivity index (χ1n) is 8.56. The molecule has 1 unspecified atom stereocenters. The zero-order chi connectivity index (χ0) is 19.1. The Morgan fingerprint density at radius 3 is 2.20 bits per heavy atom. The number of hydrogen-bond donors (Lipinski definition) is 0. The summed E-state index contributed by atoms with van der Waals surface area (Å²) in [6, 6.07) is 8.38. The molecule has 1 aromatic carbocycles. The minimum Gasteiger partial charge on any atom is -0.373 e. The molecule has 0 bridgehead atoms. The van der Waals surface area contributed by atoms with Gasteiger partial charge >= 0.3 is 5.97 Å². The van der Waals surface area contributed by atoms with Gasteiger partial charge in [-0.15, -0.1) is 13.2 Å². The summed E-state index contributed by atoms with van der Waals surface area (Å²) < 4.78 is 5.59. The first-order valence-corrected chi connectivity index (χ1v) is 10.9. The number of rotatable bonds is 9. The summed E-state index contributed by atoms with van der Waals surface area (Å²) in [5.74, 6) is -0.518. The van der Waals surface area contributed by atoms with E-state index in [-0.39, 0.29) is 11.7 Å². The maximum absolute atomic E-state index is 12.1. The molecule has 5 heteroatoms. The highest BCUT2D eigenvalue weighted by atomic mass is 28.3. The van der Waals surface area contributed by atoms with Crippen molar-refractivity contribution >= 4 is 19.2 Å². The fourth-order valence-corrected chi connectivity index (χ4v) is 4.71. The Kier molecular flexibility index (Phi) is 7.80. The Balaban J connectivity index is 2.66. The van der Waals surface area contributed by atoms with E-state index in [0.29, 0.717) is 12.2 Å². The van der Waals surface area contributed by atoms with E-state index in [1.54, 1.807) is 19.1 Å². The fraction of sp³-hybridized carbons (Fsp3) is 0.450. The van der Waals surface area contributed by atoms with Crippen molar-refractivity contribution in [2.75, 3.05) is 6.61 Å². The van der Waals surface area contributed by atoms with E-state index in [1.165, 1.54) is 5.19 Å². The number of carbonyl (C=O) groups excluding carboxylic acids is 1. The Morgan fingerprint density at radius 2 is 1.76 bits per heavy atom. The van der Waals surface area contributed by atoms with Crippen molar-refractivity contribution in [1.29, 1.82) is 0 Å². The zero-order valence-electron chi connectivity index (χ0n) is 16.0. The minimum absolute atomic E-state index is 0.260. The van der Waals surface area contributed by atoms with Crippen LogP contribution in [0.25, 0.3) is 0 Å². The van der Waals surface area contributed by atoms with Crippen LogP contribution in [0.4, 0.5) is 0 Å². The minimum atomic E-state index is -1.89. The summed E-state index contributed by atoms with van der Waals surface area (Å²) in [6.45, 7) is 18.1. The van der Waals surface area contributed by atoms with Gasteiger partial charge in [0.05, 0.1) is 17.8 Å². The van der Waals surface area contributed by atoms with Crippen molar-refractivity contribution in [2.24, 2.45) is 0 Å². The Hall–Kier alpha value is -1.69. The molecule has 0 fully saturated rings. The lowest BCUT2D eigenvalue weighted by Gasteiger charge is -2.23. The topological polar surface area (TPSA) is 44.8 Å². The molecule has 0 aliphatic rings. The summed E-state index contributed by atoms with van der Waals surface area (Å²) in [5, 5.41) is 1.17. The van der Waals surface area contributed by atoms with Gasteiger partial charge in [0.2, 0.25) is 0 Å². The molecule has 0 aliphatic heterocycles. The van der Waals surface area contributed by atoms with E-state index >= 15 is 0 Å². The number of ether oxygens (including phenoxy) is 1. The van der Waals surface area contributed by atoms with Gasteiger partial charge in [-0.2, -0.15) is 4.89 Å². The third kappa shape index (κ3) is 6.27. The highest BCUT2D eigenvalue weighted by Crippen LogP contribution is 2.14. The molecule has 1 atom stereocenters. The maximum Gasteiger partial charge on any atom is 0.373 e. The molecule has 4 nitrogen and oxygen atoms in total. The summed E-state index contributed by atoms with van der Waals surface area (Å²) in [4.78, 5) is 22.1. The molecule has 138 valence electrons. The van der Waals surface area contributed by atoms with E-state index in [1.807, 2.05) is 44.3 Å². The van der Waals surface area contributed by atoms with Crippen molar-refractivity contribution in [3.63, 3.8) is 0 Å². The van der Waals surface area contributed by atoms with Gasteiger partial charge < -0.3 is 4.74 Å². The summed E-state index contributed by atoms with van der Waals surface area (Å²) >= 11 is 0. The van der Waals surface area contributed by atoms with Crippen molar-refractivity contribution < 1.29 is 19.3 Å². The van der Waals surface area contributed by atoms with Gasteiger partial charge in [0.25, 0.3) is 0 Å². The second-order valence-corrected chi connectivity index (χ2v) is 11.3. The Morgan fingerprint density at radius 1 is 1.20 bits per heavy atom. The Labute approximate surface area is 152 Å². The normalized spacial score (nSPS) is 13.2. The number of benzene rings is 1. The second kappa shape index (κ2) is 9.13. The van der Waals surface area contributed by atoms with Crippen molar-refractivity contribution in [2.45, 2.75) is 52.4 Å². The van der Waals surface area contributed by atoms with Gasteiger partial charge in [0, 0.05) is 0 Å². The molecule has 0 amide bonds. The van der Waals surface area contributed by atoms with Crippen molar-refractivity contribution in [3.8, 4) is 0 Å². The van der Waals surface area contributed by atoms with Crippen LogP contribution in [0.2, 0.25) is 6.04 Å². The first kappa shape index (κ1) is 21.3. The molecular formula is C20H30O4Si. The molecule has 0 radical (unpaired) electrons. The van der Waals surface area contributed by atoms with E-state index in [9.17, 15) is 4.79 Å². The van der Waals surface area contributed by atoms with Gasteiger partial charge in [-0.3, -0.25) is 4.89 Å². The molecule has 0 aliphatic carbocycles. The van der Waals surface area contributed by atoms with Crippen LogP contribution in [0.1, 0.15) is 45.0 Å². The predicted molar refractivity (Wildman–Crippen MR) is 104 cm³/mol. The largest absolute Gasteiger partial charge is 0.373 e. The molecule has 0 aromatic heterocycles. The lowest BCUT2D eigenvalue weighted by molar-refractivity contribution is -0.282. The SMILES string of the molecule is C=C[Si](C=C)(CC)c1ccc(C(=O)OOC(C)COC(C)(C)C)cc1. The quantitative estimate of drug-likeness (QED) is 0.377. The molecule has 25 heavy (non-hydrogen) atoms. The van der Waals surface area contributed by atoms with Crippen LogP contribution >= 0.6 is 0 Å². The van der Waals surface area contributed by atoms with E-state index < -0.39 is 14.0 Å². The van der Waals surface area contributed by atoms with Gasteiger partial charge in [-0.1, -0.05) is 35.6 Å². The highest BCUT2D eigenvalue weighted by molar-refractivity contribution is 6.99. The molecule has 1 aromatic rings.